The highest BCUT2D eigenvalue weighted by molar-refractivity contribution is 6.37. The summed E-state index contributed by atoms with van der Waals surface area (Å²) in [6.45, 7) is 3.52. The number of nitrogens with one attached hydrogen (secondary N) is 2. The molecule has 0 aliphatic rings. The smallest absolute Gasteiger partial charge is 0.252 e. The van der Waals surface area contributed by atoms with Crippen LogP contribution in [0.25, 0.3) is 0 Å². The average molecular weight is 311 g/mol. The topological polar surface area (TPSA) is 70.1 Å². The van der Waals surface area contributed by atoms with Crippen LogP contribution < -0.4 is 11.0 Å². The van der Waals surface area contributed by atoms with E-state index < -0.39 is 0 Å². The number of nitrogens with zero attached hydrogens (tertiary/aromatic N) is 2. The van der Waals surface area contributed by atoms with E-state index in [1.807, 2.05) is 0 Å². The summed E-state index contributed by atoms with van der Waals surface area (Å²) in [4.78, 5) is 17.9. The summed E-state index contributed by atoms with van der Waals surface area (Å²) < 4.78 is 0. The second kappa shape index (κ2) is 6.07. The molecule has 1 heterocycles. The lowest BCUT2D eigenvalue weighted by atomic mass is 10.1. The van der Waals surface area contributed by atoms with Crippen LogP contribution in [0.2, 0.25) is 10.0 Å². The Morgan fingerprint density at radius 1 is 1.35 bits per heavy atom. The molecule has 0 atom stereocenters. The first kappa shape index (κ1) is 14.6. The van der Waals surface area contributed by atoms with E-state index in [1.165, 1.54) is 6.07 Å². The molecule has 5 nitrogen and oxygen atoms in total. The van der Waals surface area contributed by atoms with Crippen LogP contribution in [-0.4, -0.2) is 15.7 Å². The van der Waals surface area contributed by atoms with Crippen LogP contribution in [0.15, 0.2) is 34.2 Å². The second-order valence-electron chi connectivity index (χ2n) is 4.17. The standard InChI is InChI=1S/C13H12Cl2N4O/c1-7-5-12(20)17-13(16-7)19-18-8(2)10-4-3-9(14)6-11(10)15/h3-6H,1-2H3,(H2,16,17,19,20)/b18-8-. The number of H-pyrrole nitrogens is 1. The Bertz CT molecular complexity index is 725. The van der Waals surface area contributed by atoms with Gasteiger partial charge in [0.05, 0.1) is 10.7 Å². The van der Waals surface area contributed by atoms with Crippen LogP contribution in [0.1, 0.15) is 18.2 Å². The molecular weight excluding hydrogens is 299 g/mol. The third-order valence-electron chi connectivity index (χ3n) is 2.52. The number of aryl methyl sites for hydroxylation is 1. The summed E-state index contributed by atoms with van der Waals surface area (Å²) >= 11 is 11.9. The molecular formula is C13H12Cl2N4O. The molecule has 0 aliphatic heterocycles. The summed E-state index contributed by atoms with van der Waals surface area (Å²) in [6, 6.07) is 6.55. The Labute approximate surface area is 125 Å². The van der Waals surface area contributed by atoms with E-state index in [0.717, 1.165) is 5.56 Å². The fraction of sp³-hybridized carbons (Fsp3) is 0.154. The number of hydrogen-bond acceptors (Lipinski definition) is 4. The molecule has 7 heteroatoms. The lowest BCUT2D eigenvalue weighted by Crippen LogP contribution is -2.11. The zero-order chi connectivity index (χ0) is 14.7. The van der Waals surface area contributed by atoms with Crippen molar-refractivity contribution in [3.8, 4) is 0 Å². The van der Waals surface area contributed by atoms with Crippen molar-refractivity contribution in [3.05, 3.63) is 55.9 Å². The summed E-state index contributed by atoms with van der Waals surface area (Å²) in [5.41, 5.74) is 4.46. The number of hydrogen-bond donors (Lipinski definition) is 2. The van der Waals surface area contributed by atoms with Crippen molar-refractivity contribution in [2.75, 3.05) is 5.43 Å². The van der Waals surface area contributed by atoms with Crippen molar-refractivity contribution >= 4 is 34.9 Å². The van der Waals surface area contributed by atoms with Gasteiger partial charge in [-0.1, -0.05) is 29.3 Å². The molecule has 0 fully saturated rings. The summed E-state index contributed by atoms with van der Waals surface area (Å²) in [5, 5.41) is 5.21. The van der Waals surface area contributed by atoms with Crippen LogP contribution in [-0.2, 0) is 0 Å². The van der Waals surface area contributed by atoms with E-state index in [9.17, 15) is 4.79 Å². The Balaban J connectivity index is 2.24. The third-order valence-corrected chi connectivity index (χ3v) is 3.07. The van der Waals surface area contributed by atoms with Gasteiger partial charge < -0.3 is 0 Å². The zero-order valence-corrected chi connectivity index (χ0v) is 12.4. The van der Waals surface area contributed by atoms with Gasteiger partial charge in [0.25, 0.3) is 5.56 Å². The van der Waals surface area contributed by atoms with E-state index >= 15 is 0 Å². The van der Waals surface area contributed by atoms with Crippen LogP contribution >= 0.6 is 23.2 Å². The van der Waals surface area contributed by atoms with Gasteiger partial charge >= 0.3 is 0 Å². The molecule has 1 aromatic heterocycles. The molecule has 2 aromatic rings. The van der Waals surface area contributed by atoms with Crippen molar-refractivity contribution < 1.29 is 0 Å². The second-order valence-corrected chi connectivity index (χ2v) is 5.01. The van der Waals surface area contributed by atoms with Crippen molar-refractivity contribution in [2.45, 2.75) is 13.8 Å². The highest BCUT2D eigenvalue weighted by Gasteiger charge is 2.05. The predicted molar refractivity (Wildman–Crippen MR) is 81.9 cm³/mol. The molecule has 0 aliphatic carbocycles. The first-order chi connectivity index (χ1) is 9.45. The van der Waals surface area contributed by atoms with Gasteiger partial charge in [0.15, 0.2) is 0 Å². The Hall–Kier alpha value is -1.85. The van der Waals surface area contributed by atoms with E-state index in [1.54, 1.807) is 32.0 Å². The fourth-order valence-electron chi connectivity index (χ4n) is 1.61. The maximum absolute atomic E-state index is 11.3. The monoisotopic (exact) mass is 310 g/mol. The van der Waals surface area contributed by atoms with Gasteiger partial charge in [-0.25, -0.2) is 10.4 Å². The van der Waals surface area contributed by atoms with Gasteiger partial charge in [0, 0.05) is 22.3 Å². The number of anilines is 1. The molecule has 0 bridgehead atoms. The molecule has 0 unspecified atom stereocenters. The van der Waals surface area contributed by atoms with E-state index in [0.29, 0.717) is 21.5 Å². The number of aromatic amines is 1. The zero-order valence-electron chi connectivity index (χ0n) is 10.9. The molecule has 2 rings (SSSR count). The molecule has 2 N–H and O–H groups in total. The minimum Gasteiger partial charge on any atom is -0.291 e. The predicted octanol–water partition coefficient (Wildman–Crippen LogP) is 3.22. The molecule has 0 amide bonds. The Morgan fingerprint density at radius 2 is 2.10 bits per heavy atom. The SMILES string of the molecule is C/C(=N/Nc1nc(C)cc(=O)[nH]1)c1ccc(Cl)cc1Cl. The van der Waals surface area contributed by atoms with Gasteiger partial charge in [0.2, 0.25) is 5.95 Å². The molecule has 104 valence electrons. The van der Waals surface area contributed by atoms with Gasteiger partial charge in [0.1, 0.15) is 0 Å². The molecule has 0 saturated heterocycles. The summed E-state index contributed by atoms with van der Waals surface area (Å²) in [5.74, 6) is 0.277. The lowest BCUT2D eigenvalue weighted by molar-refractivity contribution is 1.04. The van der Waals surface area contributed by atoms with Crippen LogP contribution in [0, 0.1) is 6.92 Å². The normalized spacial score (nSPS) is 11.5. The quantitative estimate of drug-likeness (QED) is 0.675. The van der Waals surface area contributed by atoms with Crippen molar-refractivity contribution in [1.82, 2.24) is 9.97 Å². The number of halogens is 2. The number of hydrazone groups is 1. The van der Waals surface area contributed by atoms with Crippen LogP contribution in [0.4, 0.5) is 5.95 Å². The number of benzene rings is 1. The largest absolute Gasteiger partial charge is 0.291 e. The Kier molecular flexibility index (Phi) is 4.42. The molecule has 0 saturated carbocycles. The van der Waals surface area contributed by atoms with E-state index in [-0.39, 0.29) is 11.5 Å². The van der Waals surface area contributed by atoms with Crippen LogP contribution in [0.5, 0.6) is 0 Å². The maximum Gasteiger partial charge on any atom is 0.252 e. The first-order valence-corrected chi connectivity index (χ1v) is 6.55. The minimum absolute atomic E-state index is 0.239. The molecule has 20 heavy (non-hydrogen) atoms. The van der Waals surface area contributed by atoms with E-state index in [2.05, 4.69) is 20.5 Å². The summed E-state index contributed by atoms with van der Waals surface area (Å²) in [7, 11) is 0. The average Bonchev–Trinajstić information content (AvgIpc) is 2.35. The highest BCUT2D eigenvalue weighted by Crippen LogP contribution is 2.21. The first-order valence-electron chi connectivity index (χ1n) is 5.79. The van der Waals surface area contributed by atoms with Gasteiger partial charge in [-0.15, -0.1) is 0 Å². The molecule has 0 radical (unpaired) electrons. The molecule has 0 spiro atoms. The van der Waals surface area contributed by atoms with Crippen molar-refractivity contribution in [1.29, 1.82) is 0 Å². The summed E-state index contributed by atoms with van der Waals surface area (Å²) in [6.07, 6.45) is 0. The van der Waals surface area contributed by atoms with Crippen LogP contribution in [0.3, 0.4) is 0 Å². The lowest BCUT2D eigenvalue weighted by Gasteiger charge is -2.05. The van der Waals surface area contributed by atoms with E-state index in [4.69, 9.17) is 23.2 Å². The highest BCUT2D eigenvalue weighted by atomic mass is 35.5. The van der Waals surface area contributed by atoms with Gasteiger partial charge in [-0.3, -0.25) is 9.78 Å². The van der Waals surface area contributed by atoms with Gasteiger partial charge in [-0.05, 0) is 26.0 Å². The Morgan fingerprint density at radius 3 is 2.75 bits per heavy atom. The fourth-order valence-corrected chi connectivity index (χ4v) is 2.16. The minimum atomic E-state index is -0.239. The third kappa shape index (κ3) is 3.59. The number of aromatic nitrogens is 2. The van der Waals surface area contributed by atoms with Crippen molar-refractivity contribution in [3.63, 3.8) is 0 Å². The van der Waals surface area contributed by atoms with Gasteiger partial charge in [-0.2, -0.15) is 5.10 Å². The maximum atomic E-state index is 11.3. The number of rotatable bonds is 3. The molecule has 1 aromatic carbocycles. The van der Waals surface area contributed by atoms with Crippen molar-refractivity contribution in [2.24, 2.45) is 5.10 Å².